The van der Waals surface area contributed by atoms with Gasteiger partial charge in [-0.2, -0.15) is 0 Å². The number of aliphatic imine (C=N–C) groups is 2. The van der Waals surface area contributed by atoms with E-state index in [0.717, 1.165) is 37.6 Å². The average Bonchev–Trinajstić information content (AvgIpc) is 3.52. The molecule has 0 N–H and O–H groups in total. The van der Waals surface area contributed by atoms with Gasteiger partial charge in [-0.25, -0.2) is 0 Å². The SMILES string of the molecule is CC[C@@H](C)[C@H]1CN(c2cccc(C(C)(C)C)c2)C(C2=N[C@@H]([C@@H](C)CC)CN2c2cccc(C(C)(C)C)c2)=N1. The lowest BCUT2D eigenvalue weighted by atomic mass is 9.86. The predicted octanol–water partition coefficient (Wildman–Crippen LogP) is 8.25. The highest BCUT2D eigenvalue weighted by Crippen LogP contribution is 2.34. The van der Waals surface area contributed by atoms with E-state index >= 15 is 0 Å². The molecule has 4 nitrogen and oxygen atoms in total. The molecular formula is C34H50N4. The fourth-order valence-corrected chi connectivity index (χ4v) is 5.33. The summed E-state index contributed by atoms with van der Waals surface area (Å²) >= 11 is 0. The summed E-state index contributed by atoms with van der Waals surface area (Å²) in [6.07, 6.45) is 2.24. The van der Waals surface area contributed by atoms with Gasteiger partial charge in [-0.05, 0) is 58.1 Å². The van der Waals surface area contributed by atoms with Crippen molar-refractivity contribution in [3.05, 3.63) is 59.7 Å². The first kappa shape index (κ1) is 28.4. The molecule has 4 rings (SSSR count). The van der Waals surface area contributed by atoms with Crippen molar-refractivity contribution in [2.75, 3.05) is 22.9 Å². The third-order valence-corrected chi connectivity index (χ3v) is 8.68. The molecule has 2 aromatic carbocycles. The Morgan fingerprint density at radius 2 is 1.05 bits per heavy atom. The van der Waals surface area contributed by atoms with Gasteiger partial charge in [-0.15, -0.1) is 0 Å². The van der Waals surface area contributed by atoms with Crippen LogP contribution in [0.15, 0.2) is 58.5 Å². The smallest absolute Gasteiger partial charge is 0.172 e. The van der Waals surface area contributed by atoms with Gasteiger partial charge < -0.3 is 9.80 Å². The number of benzene rings is 2. The maximum atomic E-state index is 5.43. The molecule has 0 unspecified atom stereocenters. The summed E-state index contributed by atoms with van der Waals surface area (Å²) in [5.74, 6) is 3.11. The van der Waals surface area contributed by atoms with Gasteiger partial charge in [0, 0.05) is 24.5 Å². The molecular weight excluding hydrogens is 464 g/mol. The number of anilines is 2. The van der Waals surface area contributed by atoms with Crippen LogP contribution in [0.5, 0.6) is 0 Å². The highest BCUT2D eigenvalue weighted by Gasteiger charge is 2.39. The van der Waals surface area contributed by atoms with Crippen molar-refractivity contribution >= 4 is 23.0 Å². The zero-order chi connectivity index (χ0) is 27.8. The van der Waals surface area contributed by atoms with Crippen molar-refractivity contribution in [3.8, 4) is 0 Å². The second kappa shape index (κ2) is 10.9. The highest BCUT2D eigenvalue weighted by molar-refractivity contribution is 6.50. The maximum Gasteiger partial charge on any atom is 0.172 e. The molecule has 0 saturated heterocycles. The molecule has 2 aromatic rings. The Kier molecular flexibility index (Phi) is 8.12. The Balaban J connectivity index is 1.82. The van der Waals surface area contributed by atoms with Crippen molar-refractivity contribution in [3.63, 3.8) is 0 Å². The molecule has 2 heterocycles. The lowest BCUT2D eigenvalue weighted by Crippen LogP contribution is -2.42. The molecule has 0 amide bonds. The highest BCUT2D eigenvalue weighted by atomic mass is 15.4. The second-order valence-electron chi connectivity index (χ2n) is 13.6. The minimum absolute atomic E-state index is 0.0924. The van der Waals surface area contributed by atoms with Crippen LogP contribution in [0, 0.1) is 11.8 Å². The van der Waals surface area contributed by atoms with E-state index in [1.54, 1.807) is 0 Å². The van der Waals surface area contributed by atoms with Gasteiger partial charge in [0.1, 0.15) is 0 Å². The Morgan fingerprint density at radius 1 is 0.684 bits per heavy atom. The number of rotatable bonds is 7. The van der Waals surface area contributed by atoms with Crippen LogP contribution in [0.2, 0.25) is 0 Å². The number of hydrogen-bond donors (Lipinski definition) is 0. The van der Waals surface area contributed by atoms with E-state index in [1.165, 1.54) is 22.5 Å². The summed E-state index contributed by atoms with van der Waals surface area (Å²) in [6.45, 7) is 24.8. The van der Waals surface area contributed by atoms with E-state index < -0.39 is 0 Å². The van der Waals surface area contributed by atoms with Gasteiger partial charge in [-0.1, -0.05) is 106 Å². The molecule has 4 heteroatoms. The molecule has 4 atom stereocenters. The summed E-state index contributed by atoms with van der Waals surface area (Å²) in [4.78, 5) is 15.8. The third kappa shape index (κ3) is 5.84. The van der Waals surface area contributed by atoms with Crippen LogP contribution in [0.4, 0.5) is 11.4 Å². The van der Waals surface area contributed by atoms with Gasteiger partial charge >= 0.3 is 0 Å². The second-order valence-corrected chi connectivity index (χ2v) is 13.6. The third-order valence-electron chi connectivity index (χ3n) is 8.68. The van der Waals surface area contributed by atoms with E-state index in [9.17, 15) is 0 Å². The van der Waals surface area contributed by atoms with Crippen LogP contribution in [-0.4, -0.2) is 36.8 Å². The topological polar surface area (TPSA) is 31.2 Å². The quantitative estimate of drug-likeness (QED) is 0.372. The molecule has 0 saturated carbocycles. The fraction of sp³-hybridized carbons (Fsp3) is 0.588. The number of hydrogen-bond acceptors (Lipinski definition) is 4. The zero-order valence-corrected chi connectivity index (χ0v) is 25.5. The van der Waals surface area contributed by atoms with Crippen molar-refractivity contribution in [1.82, 2.24) is 0 Å². The Morgan fingerprint density at radius 3 is 1.37 bits per heavy atom. The van der Waals surface area contributed by atoms with Crippen molar-refractivity contribution in [2.24, 2.45) is 21.8 Å². The van der Waals surface area contributed by atoms with Gasteiger partial charge in [0.25, 0.3) is 0 Å². The van der Waals surface area contributed by atoms with E-state index in [4.69, 9.17) is 9.98 Å². The molecule has 2 aliphatic rings. The van der Waals surface area contributed by atoms with Gasteiger partial charge in [0.05, 0.1) is 12.1 Å². The van der Waals surface area contributed by atoms with Crippen LogP contribution < -0.4 is 9.80 Å². The molecule has 0 aliphatic carbocycles. The summed E-state index contributed by atoms with van der Waals surface area (Å²) in [7, 11) is 0. The molecule has 0 radical (unpaired) electrons. The Labute approximate surface area is 232 Å². The fourth-order valence-electron chi connectivity index (χ4n) is 5.33. The van der Waals surface area contributed by atoms with E-state index in [-0.39, 0.29) is 22.9 Å². The minimum atomic E-state index is 0.0924. The minimum Gasteiger partial charge on any atom is -0.321 e. The first-order valence-electron chi connectivity index (χ1n) is 14.8. The first-order valence-corrected chi connectivity index (χ1v) is 14.8. The predicted molar refractivity (Wildman–Crippen MR) is 166 cm³/mol. The number of nitrogens with zero attached hydrogens (tertiary/aromatic N) is 4. The average molecular weight is 515 g/mol. The lowest BCUT2D eigenvalue weighted by molar-refractivity contribution is 0.464. The van der Waals surface area contributed by atoms with Crippen LogP contribution in [0.3, 0.4) is 0 Å². The maximum absolute atomic E-state index is 5.43. The van der Waals surface area contributed by atoms with Crippen molar-refractivity contribution in [2.45, 2.75) is 105 Å². The van der Waals surface area contributed by atoms with Crippen LogP contribution in [0.25, 0.3) is 0 Å². The monoisotopic (exact) mass is 514 g/mol. The Bertz CT molecular complexity index is 1090. The van der Waals surface area contributed by atoms with Crippen LogP contribution in [-0.2, 0) is 10.8 Å². The molecule has 0 fully saturated rings. The number of amidine groups is 2. The van der Waals surface area contributed by atoms with E-state index in [0.29, 0.717) is 11.8 Å². The molecule has 38 heavy (non-hydrogen) atoms. The van der Waals surface area contributed by atoms with Crippen LogP contribution >= 0.6 is 0 Å². The summed E-state index contributed by atoms with van der Waals surface area (Å²) in [6, 6.07) is 18.6. The molecule has 0 bridgehead atoms. The summed E-state index contributed by atoms with van der Waals surface area (Å²) < 4.78 is 0. The van der Waals surface area contributed by atoms with Crippen molar-refractivity contribution < 1.29 is 0 Å². The van der Waals surface area contributed by atoms with Gasteiger partial charge in [0.2, 0.25) is 0 Å². The van der Waals surface area contributed by atoms with Crippen LogP contribution in [0.1, 0.15) is 93.2 Å². The summed E-state index contributed by atoms with van der Waals surface area (Å²) in [5, 5.41) is 0. The Hall–Kier alpha value is -2.62. The first-order chi connectivity index (χ1) is 17.8. The lowest BCUT2D eigenvalue weighted by Gasteiger charge is -2.29. The summed E-state index contributed by atoms with van der Waals surface area (Å²) in [5.41, 5.74) is 5.33. The van der Waals surface area contributed by atoms with Crippen molar-refractivity contribution in [1.29, 1.82) is 0 Å². The normalized spacial score (nSPS) is 21.9. The van der Waals surface area contributed by atoms with Gasteiger partial charge in [0.15, 0.2) is 11.7 Å². The van der Waals surface area contributed by atoms with E-state index in [2.05, 4.69) is 128 Å². The van der Waals surface area contributed by atoms with E-state index in [1.807, 2.05) is 0 Å². The molecule has 2 aliphatic heterocycles. The largest absolute Gasteiger partial charge is 0.321 e. The molecule has 0 spiro atoms. The molecule has 0 aromatic heterocycles. The zero-order valence-electron chi connectivity index (χ0n) is 25.5. The molecule has 206 valence electrons. The van der Waals surface area contributed by atoms with Gasteiger partial charge in [-0.3, -0.25) is 9.98 Å². The standard InChI is InChI=1S/C34H50N4/c1-11-23(3)29-21-37(27-17-13-15-25(19-27)33(5,6)7)31(35-29)32-36-30(24(4)12-2)22-38(32)28-18-14-16-26(20-28)34(8,9)10/h13-20,23-24,29-30H,11-12,21-22H2,1-10H3/t23-,24+,29-,30-/m1/s1.